The Kier molecular flexibility index (Phi) is 5.44. The van der Waals surface area contributed by atoms with E-state index >= 15 is 0 Å². The van der Waals surface area contributed by atoms with Crippen molar-refractivity contribution in [2.24, 2.45) is 0 Å². The van der Waals surface area contributed by atoms with Crippen molar-refractivity contribution in [2.75, 3.05) is 20.8 Å². The summed E-state index contributed by atoms with van der Waals surface area (Å²) in [6.07, 6.45) is 0.979. The first-order valence-corrected chi connectivity index (χ1v) is 7.69. The maximum atomic E-state index is 5.39. The van der Waals surface area contributed by atoms with E-state index in [0.717, 1.165) is 24.5 Å². The molecule has 0 fully saturated rings. The summed E-state index contributed by atoms with van der Waals surface area (Å²) in [5.41, 5.74) is 2.58. The van der Waals surface area contributed by atoms with E-state index in [-0.39, 0.29) is 6.04 Å². The SMILES string of the molecule is CCNC(Cc1ccsc1)c1ccc(OC)c(OC)c1. The molecule has 0 aliphatic carbocycles. The predicted octanol–water partition coefficient (Wildman–Crippen LogP) is 3.66. The molecule has 2 aromatic rings. The molecule has 3 nitrogen and oxygen atoms in total. The predicted molar refractivity (Wildman–Crippen MR) is 84.0 cm³/mol. The van der Waals surface area contributed by atoms with E-state index in [0.29, 0.717) is 0 Å². The molecule has 1 aromatic carbocycles. The first kappa shape index (κ1) is 14.9. The zero-order valence-electron chi connectivity index (χ0n) is 12.2. The number of nitrogens with one attached hydrogen (secondary N) is 1. The lowest BCUT2D eigenvalue weighted by Gasteiger charge is -2.19. The van der Waals surface area contributed by atoms with Crippen molar-refractivity contribution in [3.63, 3.8) is 0 Å². The molecular weight excluding hydrogens is 270 g/mol. The van der Waals surface area contributed by atoms with Gasteiger partial charge in [-0.1, -0.05) is 13.0 Å². The number of thiophene rings is 1. The Balaban J connectivity index is 2.24. The lowest BCUT2D eigenvalue weighted by molar-refractivity contribution is 0.354. The number of methoxy groups -OCH3 is 2. The van der Waals surface area contributed by atoms with Crippen LogP contribution in [0.25, 0.3) is 0 Å². The quantitative estimate of drug-likeness (QED) is 0.844. The molecule has 2 rings (SSSR count). The summed E-state index contributed by atoms with van der Waals surface area (Å²) < 4.78 is 10.7. The van der Waals surface area contributed by atoms with Crippen molar-refractivity contribution in [1.29, 1.82) is 0 Å². The highest BCUT2D eigenvalue weighted by Gasteiger charge is 2.14. The van der Waals surface area contributed by atoms with Gasteiger partial charge in [0.25, 0.3) is 0 Å². The fourth-order valence-corrected chi connectivity index (χ4v) is 2.95. The molecule has 0 radical (unpaired) electrons. The summed E-state index contributed by atoms with van der Waals surface area (Å²) in [6, 6.07) is 8.58. The van der Waals surface area contributed by atoms with E-state index in [1.807, 2.05) is 6.07 Å². The fraction of sp³-hybridized carbons (Fsp3) is 0.375. The van der Waals surface area contributed by atoms with Crippen LogP contribution >= 0.6 is 11.3 Å². The maximum absolute atomic E-state index is 5.39. The van der Waals surface area contributed by atoms with Gasteiger partial charge in [-0.25, -0.2) is 0 Å². The third-order valence-corrected chi connectivity index (χ3v) is 4.01. The molecule has 0 amide bonds. The normalized spacial score (nSPS) is 12.2. The molecule has 0 spiro atoms. The van der Waals surface area contributed by atoms with E-state index in [2.05, 4.69) is 41.2 Å². The van der Waals surface area contributed by atoms with Crippen LogP contribution in [0.2, 0.25) is 0 Å². The minimum Gasteiger partial charge on any atom is -0.493 e. The van der Waals surface area contributed by atoms with Crippen LogP contribution in [0.3, 0.4) is 0 Å². The zero-order valence-corrected chi connectivity index (χ0v) is 13.0. The number of hydrogen-bond acceptors (Lipinski definition) is 4. The largest absolute Gasteiger partial charge is 0.493 e. The van der Waals surface area contributed by atoms with Crippen LogP contribution in [0, 0.1) is 0 Å². The van der Waals surface area contributed by atoms with Crippen molar-refractivity contribution in [3.8, 4) is 11.5 Å². The Bertz CT molecular complexity index is 525. The van der Waals surface area contributed by atoms with Gasteiger partial charge in [-0.3, -0.25) is 0 Å². The van der Waals surface area contributed by atoms with Gasteiger partial charge in [-0.15, -0.1) is 0 Å². The van der Waals surface area contributed by atoms with Gasteiger partial charge in [-0.2, -0.15) is 11.3 Å². The van der Waals surface area contributed by atoms with Crippen molar-refractivity contribution in [1.82, 2.24) is 5.32 Å². The van der Waals surface area contributed by atoms with E-state index in [9.17, 15) is 0 Å². The molecule has 0 saturated heterocycles. The molecule has 0 aliphatic rings. The molecule has 20 heavy (non-hydrogen) atoms. The maximum Gasteiger partial charge on any atom is 0.161 e. The molecule has 1 unspecified atom stereocenters. The molecule has 1 atom stereocenters. The third kappa shape index (κ3) is 3.52. The minimum atomic E-state index is 0.286. The second-order valence-electron chi connectivity index (χ2n) is 4.56. The highest BCUT2D eigenvalue weighted by atomic mass is 32.1. The summed E-state index contributed by atoms with van der Waals surface area (Å²) in [6.45, 7) is 3.06. The second-order valence-corrected chi connectivity index (χ2v) is 5.34. The van der Waals surface area contributed by atoms with Crippen molar-refractivity contribution in [2.45, 2.75) is 19.4 Å². The Labute approximate surface area is 124 Å². The van der Waals surface area contributed by atoms with Gasteiger partial charge in [-0.05, 0) is 53.1 Å². The smallest absolute Gasteiger partial charge is 0.161 e. The Hall–Kier alpha value is -1.52. The lowest BCUT2D eigenvalue weighted by Crippen LogP contribution is -2.22. The molecule has 1 N–H and O–H groups in total. The molecule has 0 aliphatic heterocycles. The van der Waals surface area contributed by atoms with Gasteiger partial charge < -0.3 is 14.8 Å². The summed E-state index contributed by atoms with van der Waals surface area (Å²) >= 11 is 1.74. The van der Waals surface area contributed by atoms with Crippen LogP contribution in [0.15, 0.2) is 35.0 Å². The molecule has 108 valence electrons. The van der Waals surface area contributed by atoms with Crippen LogP contribution in [0.4, 0.5) is 0 Å². The first-order chi connectivity index (χ1) is 9.78. The Morgan fingerprint density at radius 3 is 2.55 bits per heavy atom. The Morgan fingerprint density at radius 2 is 1.95 bits per heavy atom. The lowest BCUT2D eigenvalue weighted by atomic mass is 10.00. The minimum absolute atomic E-state index is 0.286. The summed E-state index contributed by atoms with van der Waals surface area (Å²) in [7, 11) is 3.33. The van der Waals surface area contributed by atoms with E-state index < -0.39 is 0 Å². The second kappa shape index (κ2) is 7.31. The topological polar surface area (TPSA) is 30.5 Å². The van der Waals surface area contributed by atoms with Crippen LogP contribution < -0.4 is 14.8 Å². The van der Waals surface area contributed by atoms with Gasteiger partial charge in [0.2, 0.25) is 0 Å². The number of hydrogen-bond donors (Lipinski definition) is 1. The molecule has 4 heteroatoms. The van der Waals surface area contributed by atoms with E-state index in [1.165, 1.54) is 11.1 Å². The van der Waals surface area contributed by atoms with Crippen molar-refractivity contribution < 1.29 is 9.47 Å². The molecule has 1 heterocycles. The van der Waals surface area contributed by atoms with Gasteiger partial charge in [0.15, 0.2) is 11.5 Å². The van der Waals surface area contributed by atoms with E-state index in [1.54, 1.807) is 25.6 Å². The van der Waals surface area contributed by atoms with Crippen molar-refractivity contribution in [3.05, 3.63) is 46.2 Å². The van der Waals surface area contributed by atoms with Crippen LogP contribution in [0.5, 0.6) is 11.5 Å². The zero-order chi connectivity index (χ0) is 14.4. The summed E-state index contributed by atoms with van der Waals surface area (Å²) in [5, 5.41) is 7.85. The average Bonchev–Trinajstić information content (AvgIpc) is 2.99. The monoisotopic (exact) mass is 291 g/mol. The van der Waals surface area contributed by atoms with Crippen LogP contribution in [-0.4, -0.2) is 20.8 Å². The van der Waals surface area contributed by atoms with Gasteiger partial charge >= 0.3 is 0 Å². The molecular formula is C16H21NO2S. The highest BCUT2D eigenvalue weighted by molar-refractivity contribution is 7.07. The standard InChI is InChI=1S/C16H21NO2S/c1-4-17-14(9-12-7-8-20-11-12)13-5-6-15(18-2)16(10-13)19-3/h5-8,10-11,14,17H,4,9H2,1-3H3. The van der Waals surface area contributed by atoms with Crippen LogP contribution in [-0.2, 0) is 6.42 Å². The fourth-order valence-electron chi connectivity index (χ4n) is 2.27. The number of rotatable bonds is 7. The summed E-state index contributed by atoms with van der Waals surface area (Å²) in [4.78, 5) is 0. The number of ether oxygens (including phenoxy) is 2. The number of likely N-dealkylation sites (N-methyl/N-ethyl adjacent to an activating group) is 1. The van der Waals surface area contributed by atoms with Crippen molar-refractivity contribution >= 4 is 11.3 Å². The van der Waals surface area contributed by atoms with Gasteiger partial charge in [0.05, 0.1) is 14.2 Å². The molecule has 0 bridgehead atoms. The molecule has 0 saturated carbocycles. The highest BCUT2D eigenvalue weighted by Crippen LogP contribution is 2.31. The first-order valence-electron chi connectivity index (χ1n) is 6.74. The third-order valence-electron chi connectivity index (χ3n) is 3.28. The van der Waals surface area contributed by atoms with Gasteiger partial charge in [0, 0.05) is 6.04 Å². The molecule has 1 aromatic heterocycles. The summed E-state index contributed by atoms with van der Waals surface area (Å²) in [5.74, 6) is 1.54. The van der Waals surface area contributed by atoms with E-state index in [4.69, 9.17) is 9.47 Å². The average molecular weight is 291 g/mol. The van der Waals surface area contributed by atoms with Gasteiger partial charge in [0.1, 0.15) is 0 Å². The number of benzene rings is 1. The van der Waals surface area contributed by atoms with Crippen LogP contribution in [0.1, 0.15) is 24.1 Å². The Morgan fingerprint density at radius 1 is 1.15 bits per heavy atom.